The summed E-state index contributed by atoms with van der Waals surface area (Å²) in [5, 5.41) is 2.81. The van der Waals surface area contributed by atoms with Crippen molar-refractivity contribution in [3.63, 3.8) is 0 Å². The predicted molar refractivity (Wildman–Crippen MR) is 80.3 cm³/mol. The van der Waals surface area contributed by atoms with Crippen LogP contribution in [0.25, 0.3) is 0 Å². The van der Waals surface area contributed by atoms with Gasteiger partial charge in [0.15, 0.2) is 5.78 Å². The van der Waals surface area contributed by atoms with E-state index >= 15 is 0 Å². The highest BCUT2D eigenvalue weighted by molar-refractivity contribution is 8.93. The monoisotopic (exact) mass is 335 g/mol. The van der Waals surface area contributed by atoms with Gasteiger partial charge < -0.3 is 9.88 Å². The fourth-order valence-electron chi connectivity index (χ4n) is 2.19. The molecule has 0 spiro atoms. The van der Waals surface area contributed by atoms with Crippen LogP contribution in [0.1, 0.15) is 22.3 Å². The molecule has 0 bridgehead atoms. The van der Waals surface area contributed by atoms with E-state index in [0.29, 0.717) is 18.4 Å². The highest BCUT2D eigenvalue weighted by atomic mass is 79.9. The lowest BCUT2D eigenvalue weighted by Crippen LogP contribution is -2.19. The largest absolute Gasteiger partial charge is 0.330 e. The van der Waals surface area contributed by atoms with E-state index in [0.717, 1.165) is 11.3 Å². The summed E-state index contributed by atoms with van der Waals surface area (Å²) in [7, 11) is 0. The maximum absolute atomic E-state index is 12.1. The summed E-state index contributed by atoms with van der Waals surface area (Å²) >= 11 is 0. The van der Waals surface area contributed by atoms with E-state index in [1.807, 2.05) is 6.07 Å². The number of anilines is 1. The molecule has 1 amide bonds. The van der Waals surface area contributed by atoms with Crippen molar-refractivity contribution < 1.29 is 9.59 Å². The molecule has 0 atom stereocenters. The van der Waals surface area contributed by atoms with E-state index in [9.17, 15) is 9.59 Å². The van der Waals surface area contributed by atoms with Crippen molar-refractivity contribution >= 4 is 34.4 Å². The van der Waals surface area contributed by atoms with E-state index in [-0.39, 0.29) is 35.2 Å². The number of benzene rings is 1. The first-order valence-electron chi connectivity index (χ1n) is 6.14. The van der Waals surface area contributed by atoms with Crippen LogP contribution in [0.3, 0.4) is 0 Å². The van der Waals surface area contributed by atoms with Crippen LogP contribution >= 0.6 is 17.0 Å². The number of ketones is 1. The van der Waals surface area contributed by atoms with Gasteiger partial charge in [-0.05, 0) is 30.2 Å². The quantitative estimate of drug-likeness (QED) is 0.875. The van der Waals surface area contributed by atoms with E-state index in [4.69, 9.17) is 0 Å². The molecule has 2 heterocycles. The number of fused-ring (bicyclic) bond motifs is 1. The van der Waals surface area contributed by atoms with Crippen LogP contribution in [-0.2, 0) is 17.8 Å². The number of aryl methyl sites for hydroxylation is 1. The Hall–Kier alpha value is -1.95. The van der Waals surface area contributed by atoms with E-state index in [2.05, 4.69) is 10.3 Å². The Morgan fingerprint density at radius 1 is 1.35 bits per heavy atom. The molecule has 0 radical (unpaired) electrons. The molecule has 0 fully saturated rings. The smallest absolute Gasteiger partial charge is 0.224 e. The van der Waals surface area contributed by atoms with E-state index < -0.39 is 0 Å². The fourth-order valence-corrected chi connectivity index (χ4v) is 2.19. The average molecular weight is 336 g/mol. The molecule has 1 aliphatic rings. The molecule has 104 valence electrons. The third kappa shape index (κ3) is 2.96. The van der Waals surface area contributed by atoms with Crippen LogP contribution in [0.15, 0.2) is 36.9 Å². The van der Waals surface area contributed by atoms with Crippen molar-refractivity contribution in [2.45, 2.75) is 19.4 Å². The van der Waals surface area contributed by atoms with Gasteiger partial charge in [-0.15, -0.1) is 17.0 Å². The highest BCUT2D eigenvalue weighted by Crippen LogP contribution is 2.23. The molecule has 1 aromatic carbocycles. The third-order valence-electron chi connectivity index (χ3n) is 3.21. The Morgan fingerprint density at radius 2 is 2.20 bits per heavy atom. The number of aromatic nitrogens is 2. The third-order valence-corrected chi connectivity index (χ3v) is 3.21. The van der Waals surface area contributed by atoms with Gasteiger partial charge in [-0.2, -0.15) is 0 Å². The number of hydrogen-bond acceptors (Lipinski definition) is 3. The normalized spacial score (nSPS) is 13.1. The molecule has 0 unspecified atom stereocenters. The maximum Gasteiger partial charge on any atom is 0.224 e. The summed E-state index contributed by atoms with van der Waals surface area (Å²) in [5.41, 5.74) is 2.51. The van der Waals surface area contributed by atoms with E-state index in [1.165, 1.54) is 0 Å². The number of hydrogen-bond donors (Lipinski definition) is 1. The standard InChI is InChI=1S/C14H13N3O2.BrH/c18-13(8-17-6-5-15-9-17)11-1-3-12-10(7-11)2-4-14(19)16-12;/h1,3,5-7,9H,2,4,8H2,(H,16,19);1H. The molecule has 1 N–H and O–H groups in total. The topological polar surface area (TPSA) is 64.0 Å². The number of nitrogens with zero attached hydrogens (tertiary/aromatic N) is 2. The molecule has 1 aromatic heterocycles. The molecule has 1 aliphatic heterocycles. The molecule has 2 aromatic rings. The van der Waals surface area contributed by atoms with Gasteiger partial charge in [0.25, 0.3) is 0 Å². The number of halogens is 1. The van der Waals surface area contributed by atoms with Crippen LogP contribution in [0.2, 0.25) is 0 Å². The van der Waals surface area contributed by atoms with Crippen molar-refractivity contribution in [2.24, 2.45) is 0 Å². The minimum atomic E-state index is 0. The Morgan fingerprint density at radius 3 is 2.95 bits per heavy atom. The van der Waals surface area contributed by atoms with Gasteiger partial charge in [-0.3, -0.25) is 9.59 Å². The van der Waals surface area contributed by atoms with Crippen LogP contribution in [0.4, 0.5) is 5.69 Å². The van der Waals surface area contributed by atoms with Crippen molar-refractivity contribution in [1.82, 2.24) is 9.55 Å². The first-order chi connectivity index (χ1) is 9.22. The summed E-state index contributed by atoms with van der Waals surface area (Å²) in [6.07, 6.45) is 6.20. The lowest BCUT2D eigenvalue weighted by Gasteiger charge is -2.17. The summed E-state index contributed by atoms with van der Waals surface area (Å²) in [5.74, 6) is 0.0719. The minimum absolute atomic E-state index is 0. The van der Waals surface area contributed by atoms with Gasteiger partial charge in [0, 0.05) is 30.1 Å². The molecular formula is C14H14BrN3O2. The van der Waals surface area contributed by atoms with Gasteiger partial charge in [0.2, 0.25) is 5.91 Å². The fraction of sp³-hybridized carbons (Fsp3) is 0.214. The Labute approximate surface area is 126 Å². The molecule has 0 saturated heterocycles. The Bertz CT molecular complexity index is 638. The maximum atomic E-state index is 12.1. The molecule has 20 heavy (non-hydrogen) atoms. The number of amides is 1. The van der Waals surface area contributed by atoms with Crippen molar-refractivity contribution in [3.8, 4) is 0 Å². The lowest BCUT2D eigenvalue weighted by molar-refractivity contribution is -0.116. The summed E-state index contributed by atoms with van der Waals surface area (Å²) < 4.78 is 1.74. The summed E-state index contributed by atoms with van der Waals surface area (Å²) in [4.78, 5) is 27.3. The predicted octanol–water partition coefficient (Wildman–Crippen LogP) is 2.23. The first-order valence-corrected chi connectivity index (χ1v) is 6.14. The number of carbonyl (C=O) groups excluding carboxylic acids is 2. The zero-order valence-electron chi connectivity index (χ0n) is 10.7. The lowest BCUT2D eigenvalue weighted by atomic mass is 9.99. The van der Waals surface area contributed by atoms with Crippen LogP contribution in [0, 0.1) is 0 Å². The van der Waals surface area contributed by atoms with Gasteiger partial charge in [-0.1, -0.05) is 0 Å². The molecular weight excluding hydrogens is 322 g/mol. The zero-order valence-corrected chi connectivity index (χ0v) is 12.4. The molecule has 5 nitrogen and oxygen atoms in total. The Balaban J connectivity index is 0.00000147. The van der Waals surface area contributed by atoms with Crippen LogP contribution < -0.4 is 5.32 Å². The van der Waals surface area contributed by atoms with Gasteiger partial charge in [0.1, 0.15) is 0 Å². The first kappa shape index (κ1) is 14.5. The second kappa shape index (κ2) is 6.00. The van der Waals surface area contributed by atoms with Crippen LogP contribution in [0.5, 0.6) is 0 Å². The second-order valence-corrected chi connectivity index (χ2v) is 4.58. The van der Waals surface area contributed by atoms with Crippen molar-refractivity contribution in [3.05, 3.63) is 48.0 Å². The molecule has 0 saturated carbocycles. The number of Topliss-reactive ketones (excluding diaryl/α,β-unsaturated/α-hetero) is 1. The number of imidazole rings is 1. The minimum Gasteiger partial charge on any atom is -0.330 e. The van der Waals surface area contributed by atoms with Gasteiger partial charge in [-0.25, -0.2) is 4.98 Å². The van der Waals surface area contributed by atoms with Crippen molar-refractivity contribution in [1.29, 1.82) is 0 Å². The van der Waals surface area contributed by atoms with E-state index in [1.54, 1.807) is 35.4 Å². The number of carbonyl (C=O) groups is 2. The highest BCUT2D eigenvalue weighted by Gasteiger charge is 2.16. The molecule has 3 rings (SSSR count). The number of nitrogens with one attached hydrogen (secondary N) is 1. The molecule has 0 aliphatic carbocycles. The summed E-state index contributed by atoms with van der Waals surface area (Å²) in [6.45, 7) is 0.283. The summed E-state index contributed by atoms with van der Waals surface area (Å²) in [6, 6.07) is 5.42. The number of rotatable bonds is 3. The zero-order chi connectivity index (χ0) is 13.2. The Kier molecular flexibility index (Phi) is 4.34. The average Bonchev–Trinajstić information content (AvgIpc) is 2.91. The SMILES string of the molecule is Br.O=C1CCc2cc(C(=O)Cn3ccnc3)ccc2N1. The van der Waals surface area contributed by atoms with Gasteiger partial charge >= 0.3 is 0 Å². The van der Waals surface area contributed by atoms with Crippen LogP contribution in [-0.4, -0.2) is 21.2 Å². The van der Waals surface area contributed by atoms with Gasteiger partial charge in [0.05, 0.1) is 12.9 Å². The second-order valence-electron chi connectivity index (χ2n) is 4.58. The van der Waals surface area contributed by atoms with Crippen molar-refractivity contribution in [2.75, 3.05) is 5.32 Å². The molecule has 6 heteroatoms.